The molecular weight excluding hydrogens is 212 g/mol. The summed E-state index contributed by atoms with van der Waals surface area (Å²) in [5.74, 6) is 0.864. The Morgan fingerprint density at radius 2 is 1.82 bits per heavy atom. The number of nitrogens with one attached hydrogen (secondary N) is 1. The van der Waals surface area contributed by atoms with Gasteiger partial charge in [-0.25, -0.2) is 0 Å². The minimum atomic E-state index is 0.859. The van der Waals surface area contributed by atoms with Crippen LogP contribution in [0.1, 0.15) is 40.0 Å². The van der Waals surface area contributed by atoms with Crippen LogP contribution in [0, 0.1) is 5.92 Å². The molecule has 104 valence electrons. The van der Waals surface area contributed by atoms with Crippen molar-refractivity contribution in [2.75, 3.05) is 46.4 Å². The average molecular weight is 244 g/mol. The van der Waals surface area contributed by atoms with Crippen molar-refractivity contribution < 1.29 is 4.74 Å². The molecule has 0 atom stereocenters. The van der Waals surface area contributed by atoms with E-state index in [-0.39, 0.29) is 0 Å². The largest absolute Gasteiger partial charge is 0.385 e. The van der Waals surface area contributed by atoms with Crippen LogP contribution >= 0.6 is 0 Å². The van der Waals surface area contributed by atoms with E-state index >= 15 is 0 Å². The Labute approximate surface area is 108 Å². The summed E-state index contributed by atoms with van der Waals surface area (Å²) in [4.78, 5) is 2.56. The molecule has 0 aliphatic heterocycles. The van der Waals surface area contributed by atoms with Crippen molar-refractivity contribution in [3.63, 3.8) is 0 Å². The number of rotatable bonds is 12. The Kier molecular flexibility index (Phi) is 12.3. The molecule has 0 aromatic rings. The van der Waals surface area contributed by atoms with Gasteiger partial charge in [0.1, 0.15) is 0 Å². The topological polar surface area (TPSA) is 24.5 Å². The van der Waals surface area contributed by atoms with Crippen molar-refractivity contribution in [2.45, 2.75) is 40.0 Å². The van der Waals surface area contributed by atoms with Crippen LogP contribution in [0.15, 0.2) is 0 Å². The SMILES string of the molecule is CCC(CC)CN(CC)CCNCCCOC. The van der Waals surface area contributed by atoms with Crippen LogP contribution < -0.4 is 5.32 Å². The lowest BCUT2D eigenvalue weighted by Crippen LogP contribution is -2.35. The summed E-state index contributed by atoms with van der Waals surface area (Å²) in [6, 6.07) is 0. The first-order valence-electron chi connectivity index (χ1n) is 7.20. The molecule has 0 heterocycles. The Balaban J connectivity index is 3.53. The minimum absolute atomic E-state index is 0.859. The highest BCUT2D eigenvalue weighted by Gasteiger charge is 2.08. The first-order chi connectivity index (χ1) is 8.28. The summed E-state index contributed by atoms with van der Waals surface area (Å²) < 4.78 is 5.02. The molecular formula is C14H32N2O. The third-order valence-electron chi connectivity index (χ3n) is 3.43. The highest BCUT2D eigenvalue weighted by atomic mass is 16.5. The monoisotopic (exact) mass is 244 g/mol. The molecule has 0 rings (SSSR count). The predicted octanol–water partition coefficient (Wildman–Crippen LogP) is 2.37. The maximum atomic E-state index is 5.02. The van der Waals surface area contributed by atoms with Crippen molar-refractivity contribution in [3.05, 3.63) is 0 Å². The molecule has 3 nitrogen and oxygen atoms in total. The lowest BCUT2D eigenvalue weighted by Gasteiger charge is -2.25. The van der Waals surface area contributed by atoms with Crippen LogP contribution in [0.2, 0.25) is 0 Å². The molecule has 0 amide bonds. The molecule has 0 radical (unpaired) electrons. The van der Waals surface area contributed by atoms with Crippen molar-refractivity contribution in [2.24, 2.45) is 5.92 Å². The van der Waals surface area contributed by atoms with Crippen molar-refractivity contribution in [1.82, 2.24) is 10.2 Å². The second-order valence-corrected chi connectivity index (χ2v) is 4.67. The molecule has 17 heavy (non-hydrogen) atoms. The van der Waals surface area contributed by atoms with Crippen LogP contribution in [-0.4, -0.2) is 51.3 Å². The van der Waals surface area contributed by atoms with Gasteiger partial charge in [-0.2, -0.15) is 0 Å². The summed E-state index contributed by atoms with van der Waals surface area (Å²) in [5.41, 5.74) is 0. The third kappa shape index (κ3) is 9.57. The zero-order chi connectivity index (χ0) is 12.9. The lowest BCUT2D eigenvalue weighted by molar-refractivity contribution is 0.192. The molecule has 0 aliphatic rings. The van der Waals surface area contributed by atoms with E-state index < -0.39 is 0 Å². The van der Waals surface area contributed by atoms with Gasteiger partial charge in [-0.1, -0.05) is 33.6 Å². The molecule has 0 saturated heterocycles. The molecule has 0 aliphatic carbocycles. The van der Waals surface area contributed by atoms with Crippen LogP contribution in [0.5, 0.6) is 0 Å². The number of nitrogens with zero attached hydrogens (tertiary/aromatic N) is 1. The molecule has 0 unspecified atom stereocenters. The fourth-order valence-electron chi connectivity index (χ4n) is 1.99. The number of hydrogen-bond donors (Lipinski definition) is 1. The summed E-state index contributed by atoms with van der Waals surface area (Å²) in [6.07, 6.45) is 3.71. The van der Waals surface area contributed by atoms with Crippen LogP contribution in [-0.2, 0) is 4.74 Å². The molecule has 3 heteroatoms. The fraction of sp³-hybridized carbons (Fsp3) is 1.00. The van der Waals surface area contributed by atoms with Crippen LogP contribution in [0.3, 0.4) is 0 Å². The third-order valence-corrected chi connectivity index (χ3v) is 3.43. The second-order valence-electron chi connectivity index (χ2n) is 4.67. The molecule has 0 fully saturated rings. The first kappa shape index (κ1) is 16.9. The van der Waals surface area contributed by atoms with E-state index in [0.29, 0.717) is 0 Å². The zero-order valence-corrected chi connectivity index (χ0v) is 12.3. The normalized spacial score (nSPS) is 11.6. The Bertz CT molecular complexity index is 149. The quantitative estimate of drug-likeness (QED) is 0.533. The van der Waals surface area contributed by atoms with Crippen molar-refractivity contribution in [3.8, 4) is 0 Å². The smallest absolute Gasteiger partial charge is 0.0474 e. The predicted molar refractivity (Wildman–Crippen MR) is 75.5 cm³/mol. The maximum absolute atomic E-state index is 5.02. The number of likely N-dealkylation sites (N-methyl/N-ethyl adjacent to an activating group) is 1. The highest BCUT2D eigenvalue weighted by molar-refractivity contribution is 4.64. The molecule has 1 N–H and O–H groups in total. The summed E-state index contributed by atoms with van der Waals surface area (Å²) in [7, 11) is 1.76. The van der Waals surface area contributed by atoms with Gasteiger partial charge >= 0.3 is 0 Å². The molecule has 0 bridgehead atoms. The number of hydrogen-bond acceptors (Lipinski definition) is 3. The van der Waals surface area contributed by atoms with E-state index in [0.717, 1.165) is 38.6 Å². The van der Waals surface area contributed by atoms with Gasteiger partial charge in [-0.3, -0.25) is 0 Å². The van der Waals surface area contributed by atoms with E-state index in [1.165, 1.54) is 25.9 Å². The minimum Gasteiger partial charge on any atom is -0.385 e. The van der Waals surface area contributed by atoms with Crippen LogP contribution in [0.4, 0.5) is 0 Å². The van der Waals surface area contributed by atoms with E-state index in [1.54, 1.807) is 7.11 Å². The Morgan fingerprint density at radius 3 is 2.35 bits per heavy atom. The number of ether oxygens (including phenoxy) is 1. The van der Waals surface area contributed by atoms with Crippen LogP contribution in [0.25, 0.3) is 0 Å². The molecule has 0 aromatic heterocycles. The van der Waals surface area contributed by atoms with Gasteiger partial charge in [0.2, 0.25) is 0 Å². The van der Waals surface area contributed by atoms with Gasteiger partial charge in [0.15, 0.2) is 0 Å². The molecule has 0 saturated carbocycles. The summed E-state index contributed by atoms with van der Waals surface area (Å²) >= 11 is 0. The standard InChI is InChI=1S/C14H32N2O/c1-5-14(6-2)13-16(7-3)11-10-15-9-8-12-17-4/h14-15H,5-13H2,1-4H3. The Hall–Kier alpha value is -0.120. The van der Waals surface area contributed by atoms with Gasteiger partial charge < -0.3 is 15.0 Å². The van der Waals surface area contributed by atoms with Gasteiger partial charge in [0, 0.05) is 33.4 Å². The molecule has 0 aromatic carbocycles. The zero-order valence-electron chi connectivity index (χ0n) is 12.3. The van der Waals surface area contributed by atoms with E-state index in [1.807, 2.05) is 0 Å². The average Bonchev–Trinajstić information content (AvgIpc) is 2.37. The van der Waals surface area contributed by atoms with E-state index in [9.17, 15) is 0 Å². The Morgan fingerprint density at radius 1 is 1.12 bits per heavy atom. The van der Waals surface area contributed by atoms with Crippen molar-refractivity contribution >= 4 is 0 Å². The number of methoxy groups -OCH3 is 1. The van der Waals surface area contributed by atoms with Gasteiger partial charge in [-0.15, -0.1) is 0 Å². The van der Waals surface area contributed by atoms with Crippen molar-refractivity contribution in [1.29, 1.82) is 0 Å². The van der Waals surface area contributed by atoms with E-state index in [2.05, 4.69) is 31.0 Å². The summed E-state index contributed by atoms with van der Waals surface area (Å²) in [5, 5.41) is 3.47. The fourth-order valence-corrected chi connectivity index (χ4v) is 1.99. The second kappa shape index (κ2) is 12.3. The van der Waals surface area contributed by atoms with Gasteiger partial charge in [0.25, 0.3) is 0 Å². The van der Waals surface area contributed by atoms with Gasteiger partial charge in [-0.05, 0) is 25.4 Å². The van der Waals surface area contributed by atoms with E-state index in [4.69, 9.17) is 4.74 Å². The molecule has 0 spiro atoms. The van der Waals surface area contributed by atoms with Gasteiger partial charge in [0.05, 0.1) is 0 Å². The highest BCUT2D eigenvalue weighted by Crippen LogP contribution is 2.09. The maximum Gasteiger partial charge on any atom is 0.0474 e. The first-order valence-corrected chi connectivity index (χ1v) is 7.20. The lowest BCUT2D eigenvalue weighted by atomic mass is 10.0. The summed E-state index contributed by atoms with van der Waals surface area (Å²) in [6.45, 7) is 13.5.